The highest BCUT2D eigenvalue weighted by Crippen LogP contribution is 2.21. The molecule has 0 spiro atoms. The van der Waals surface area contributed by atoms with Crippen LogP contribution in [0.1, 0.15) is 32.3 Å². The number of rotatable bonds is 7. The van der Waals surface area contributed by atoms with E-state index in [1.807, 2.05) is 13.8 Å². The molecule has 0 aromatic heterocycles. The van der Waals surface area contributed by atoms with Gasteiger partial charge in [0.15, 0.2) is 0 Å². The Morgan fingerprint density at radius 1 is 1.30 bits per heavy atom. The molecular formula is C14H24N2O3S. The molecule has 0 bridgehead atoms. The quantitative estimate of drug-likeness (QED) is 0.804. The van der Waals surface area contributed by atoms with Gasteiger partial charge in [-0.3, -0.25) is 0 Å². The Balaban J connectivity index is 2.95. The molecule has 0 aliphatic rings. The van der Waals surface area contributed by atoms with E-state index in [4.69, 9.17) is 10.5 Å². The van der Waals surface area contributed by atoms with E-state index < -0.39 is 15.6 Å². The lowest BCUT2D eigenvalue weighted by molar-refractivity contribution is 0.391. The Hall–Kier alpha value is -1.11. The van der Waals surface area contributed by atoms with Crippen molar-refractivity contribution in [3.8, 4) is 5.75 Å². The molecule has 0 atom stereocenters. The second kappa shape index (κ2) is 6.56. The van der Waals surface area contributed by atoms with Gasteiger partial charge in [0.05, 0.1) is 12.0 Å². The Kier molecular flexibility index (Phi) is 5.56. The van der Waals surface area contributed by atoms with Gasteiger partial charge in [-0.15, -0.1) is 0 Å². The number of aryl methyl sites for hydroxylation is 1. The van der Waals surface area contributed by atoms with Gasteiger partial charge in [-0.1, -0.05) is 13.8 Å². The van der Waals surface area contributed by atoms with E-state index in [-0.39, 0.29) is 11.4 Å². The fraction of sp³-hybridized carbons (Fsp3) is 0.571. The lowest BCUT2D eigenvalue weighted by atomic mass is 9.95. The van der Waals surface area contributed by atoms with Gasteiger partial charge >= 0.3 is 0 Å². The molecule has 0 amide bonds. The number of benzene rings is 1. The molecule has 0 saturated heterocycles. The SMILES string of the molecule is CCC(N)(CC)CNS(=O)(=O)c1ccc(OC)cc1C. The maximum Gasteiger partial charge on any atom is 0.240 e. The lowest BCUT2D eigenvalue weighted by Crippen LogP contribution is -2.49. The summed E-state index contributed by atoms with van der Waals surface area (Å²) >= 11 is 0. The first-order valence-corrected chi connectivity index (χ1v) is 8.19. The molecule has 0 saturated carbocycles. The van der Waals surface area contributed by atoms with E-state index in [0.717, 1.165) is 0 Å². The van der Waals surface area contributed by atoms with Gasteiger partial charge in [-0.25, -0.2) is 13.1 Å². The van der Waals surface area contributed by atoms with E-state index in [9.17, 15) is 8.42 Å². The third-order valence-corrected chi connectivity index (χ3v) is 5.26. The fourth-order valence-corrected chi connectivity index (χ4v) is 3.23. The highest BCUT2D eigenvalue weighted by atomic mass is 32.2. The van der Waals surface area contributed by atoms with Gasteiger partial charge < -0.3 is 10.5 Å². The van der Waals surface area contributed by atoms with Crippen molar-refractivity contribution in [1.29, 1.82) is 0 Å². The van der Waals surface area contributed by atoms with Crippen molar-refractivity contribution in [3.63, 3.8) is 0 Å². The van der Waals surface area contributed by atoms with Crippen LogP contribution in [0.2, 0.25) is 0 Å². The van der Waals surface area contributed by atoms with E-state index in [0.29, 0.717) is 24.2 Å². The summed E-state index contributed by atoms with van der Waals surface area (Å²) in [7, 11) is -2.01. The van der Waals surface area contributed by atoms with Crippen LogP contribution >= 0.6 is 0 Å². The minimum Gasteiger partial charge on any atom is -0.497 e. The molecule has 1 aromatic carbocycles. The highest BCUT2D eigenvalue weighted by molar-refractivity contribution is 7.89. The topological polar surface area (TPSA) is 81.4 Å². The van der Waals surface area contributed by atoms with Crippen molar-refractivity contribution in [1.82, 2.24) is 4.72 Å². The maximum atomic E-state index is 12.3. The molecule has 6 heteroatoms. The minimum atomic E-state index is -3.55. The van der Waals surface area contributed by atoms with Crippen molar-refractivity contribution in [3.05, 3.63) is 23.8 Å². The third-order valence-electron chi connectivity index (χ3n) is 3.69. The molecule has 0 fully saturated rings. The highest BCUT2D eigenvalue weighted by Gasteiger charge is 2.24. The summed E-state index contributed by atoms with van der Waals surface area (Å²) < 4.78 is 32.3. The van der Waals surface area contributed by atoms with Gasteiger partial charge in [0.1, 0.15) is 5.75 Å². The number of hydrogen-bond acceptors (Lipinski definition) is 4. The number of nitrogens with two attached hydrogens (primary N) is 1. The Morgan fingerprint density at radius 3 is 2.35 bits per heavy atom. The fourth-order valence-electron chi connectivity index (χ4n) is 1.87. The summed E-state index contributed by atoms with van der Waals surface area (Å²) in [5.41, 5.74) is 6.26. The van der Waals surface area contributed by atoms with Crippen LogP contribution in [0.4, 0.5) is 0 Å². The minimum absolute atomic E-state index is 0.230. The molecule has 5 nitrogen and oxygen atoms in total. The molecule has 114 valence electrons. The molecule has 1 aromatic rings. The summed E-state index contributed by atoms with van der Waals surface area (Å²) in [6.45, 7) is 5.88. The molecule has 0 unspecified atom stereocenters. The Morgan fingerprint density at radius 2 is 1.90 bits per heavy atom. The van der Waals surface area contributed by atoms with Crippen LogP contribution in [0.5, 0.6) is 5.75 Å². The Bertz CT molecular complexity index is 552. The zero-order valence-electron chi connectivity index (χ0n) is 12.6. The zero-order chi connectivity index (χ0) is 15.4. The molecule has 0 heterocycles. The zero-order valence-corrected chi connectivity index (χ0v) is 13.4. The van der Waals surface area contributed by atoms with Crippen LogP contribution in [0.15, 0.2) is 23.1 Å². The number of methoxy groups -OCH3 is 1. The van der Waals surface area contributed by atoms with Crippen LogP contribution in [0.25, 0.3) is 0 Å². The largest absolute Gasteiger partial charge is 0.497 e. The van der Waals surface area contributed by atoms with E-state index in [1.165, 1.54) is 0 Å². The number of ether oxygens (including phenoxy) is 1. The van der Waals surface area contributed by atoms with Gasteiger partial charge in [-0.2, -0.15) is 0 Å². The Labute approximate surface area is 121 Å². The van der Waals surface area contributed by atoms with Crippen molar-refractivity contribution >= 4 is 10.0 Å². The second-order valence-electron chi connectivity index (χ2n) is 5.03. The van der Waals surface area contributed by atoms with Crippen LogP contribution in [0, 0.1) is 6.92 Å². The maximum absolute atomic E-state index is 12.3. The average molecular weight is 300 g/mol. The first-order valence-electron chi connectivity index (χ1n) is 6.71. The standard InChI is InChI=1S/C14H24N2O3S/c1-5-14(15,6-2)10-16-20(17,18)13-8-7-12(19-4)9-11(13)3/h7-9,16H,5-6,10,15H2,1-4H3. The summed E-state index contributed by atoms with van der Waals surface area (Å²) in [5.74, 6) is 0.636. The van der Waals surface area contributed by atoms with Crippen molar-refractivity contribution in [2.24, 2.45) is 5.73 Å². The van der Waals surface area contributed by atoms with Gasteiger partial charge in [0.25, 0.3) is 0 Å². The third kappa shape index (κ3) is 3.94. The van der Waals surface area contributed by atoms with Gasteiger partial charge in [-0.05, 0) is 43.5 Å². The molecule has 0 aliphatic carbocycles. The monoisotopic (exact) mass is 300 g/mol. The van der Waals surface area contributed by atoms with Gasteiger partial charge in [0.2, 0.25) is 10.0 Å². The summed E-state index contributed by atoms with van der Waals surface area (Å²) in [6, 6.07) is 4.88. The number of nitrogens with one attached hydrogen (secondary N) is 1. The molecule has 20 heavy (non-hydrogen) atoms. The summed E-state index contributed by atoms with van der Waals surface area (Å²) in [5, 5.41) is 0. The first kappa shape index (κ1) is 16.9. The van der Waals surface area contributed by atoms with E-state index in [2.05, 4.69) is 4.72 Å². The van der Waals surface area contributed by atoms with Crippen LogP contribution in [-0.2, 0) is 10.0 Å². The second-order valence-corrected chi connectivity index (χ2v) is 6.76. The summed E-state index contributed by atoms with van der Waals surface area (Å²) in [4.78, 5) is 0.257. The average Bonchev–Trinajstić information content (AvgIpc) is 2.44. The number of hydrogen-bond donors (Lipinski definition) is 2. The van der Waals surface area contributed by atoms with Crippen molar-refractivity contribution in [2.75, 3.05) is 13.7 Å². The molecule has 1 rings (SSSR count). The lowest BCUT2D eigenvalue weighted by Gasteiger charge is -2.26. The smallest absolute Gasteiger partial charge is 0.240 e. The van der Waals surface area contributed by atoms with Gasteiger partial charge in [0, 0.05) is 12.1 Å². The summed E-state index contributed by atoms with van der Waals surface area (Å²) in [6.07, 6.45) is 1.43. The predicted molar refractivity (Wildman–Crippen MR) is 80.4 cm³/mol. The van der Waals surface area contributed by atoms with E-state index >= 15 is 0 Å². The normalized spacial score (nSPS) is 12.4. The van der Waals surface area contributed by atoms with Crippen LogP contribution in [0.3, 0.4) is 0 Å². The molecule has 0 aliphatic heterocycles. The molecular weight excluding hydrogens is 276 g/mol. The predicted octanol–water partition coefficient (Wildman–Crippen LogP) is 1.80. The van der Waals surface area contributed by atoms with Crippen LogP contribution < -0.4 is 15.2 Å². The van der Waals surface area contributed by atoms with Crippen molar-refractivity contribution < 1.29 is 13.2 Å². The van der Waals surface area contributed by atoms with Crippen molar-refractivity contribution in [2.45, 2.75) is 44.0 Å². The van der Waals surface area contributed by atoms with E-state index in [1.54, 1.807) is 32.2 Å². The number of sulfonamides is 1. The molecule has 0 radical (unpaired) electrons. The van der Waals surface area contributed by atoms with Crippen LogP contribution in [-0.4, -0.2) is 27.6 Å². The molecule has 3 N–H and O–H groups in total. The first-order chi connectivity index (χ1) is 9.28.